The van der Waals surface area contributed by atoms with E-state index in [0.29, 0.717) is 11.8 Å². The fourth-order valence-corrected chi connectivity index (χ4v) is 3.98. The number of guanidine groups is 1. The highest BCUT2D eigenvalue weighted by molar-refractivity contribution is 6.11. The van der Waals surface area contributed by atoms with Gasteiger partial charge in [-0.3, -0.25) is 0 Å². The highest BCUT2D eigenvalue weighted by Gasteiger charge is 2.21. The molecule has 0 spiro atoms. The van der Waals surface area contributed by atoms with E-state index in [2.05, 4.69) is 43.4 Å². The molecular weight excluding hydrogens is 370 g/mol. The van der Waals surface area contributed by atoms with Crippen molar-refractivity contribution < 1.29 is 0 Å². The predicted octanol–water partition coefficient (Wildman–Crippen LogP) is 5.86. The average molecular weight is 393 g/mol. The van der Waals surface area contributed by atoms with Gasteiger partial charge in [0.25, 0.3) is 0 Å². The number of aliphatic imine (C=N–C) groups is 2. The summed E-state index contributed by atoms with van der Waals surface area (Å²) < 4.78 is 0. The van der Waals surface area contributed by atoms with Crippen LogP contribution < -0.4 is 5.32 Å². The first-order chi connectivity index (χ1) is 14.8. The number of para-hydroxylation sites is 1. The van der Waals surface area contributed by atoms with Gasteiger partial charge in [-0.05, 0) is 35.7 Å². The van der Waals surface area contributed by atoms with Gasteiger partial charge in [0, 0.05) is 16.7 Å². The molecule has 3 aromatic carbocycles. The quantitative estimate of drug-likeness (QED) is 0.472. The van der Waals surface area contributed by atoms with Gasteiger partial charge in [-0.2, -0.15) is 0 Å². The monoisotopic (exact) mass is 393 g/mol. The lowest BCUT2D eigenvalue weighted by atomic mass is 10.0. The third kappa shape index (κ3) is 3.22. The second kappa shape index (κ2) is 7.67. The molecule has 5 nitrogen and oxygen atoms in total. The summed E-state index contributed by atoms with van der Waals surface area (Å²) in [6.07, 6.45) is 1.85. The smallest absolute Gasteiger partial charge is 0.224 e. The second-order valence-corrected chi connectivity index (χ2v) is 7.40. The number of benzene rings is 3. The largest absolute Gasteiger partial charge is 0.308 e. The third-order valence-corrected chi connectivity index (χ3v) is 5.53. The van der Waals surface area contributed by atoms with Gasteiger partial charge < -0.3 is 5.32 Å². The van der Waals surface area contributed by atoms with Gasteiger partial charge in [0.2, 0.25) is 5.96 Å². The molecular formula is C25H23N5. The van der Waals surface area contributed by atoms with Crippen molar-refractivity contribution in [1.82, 2.24) is 9.97 Å². The maximum Gasteiger partial charge on any atom is 0.224 e. The number of aromatic nitrogens is 2. The summed E-state index contributed by atoms with van der Waals surface area (Å²) in [7, 11) is 0. The fourth-order valence-electron chi connectivity index (χ4n) is 3.98. The van der Waals surface area contributed by atoms with E-state index in [1.807, 2.05) is 42.5 Å². The Morgan fingerprint density at radius 3 is 2.40 bits per heavy atom. The zero-order valence-corrected chi connectivity index (χ0v) is 17.1. The van der Waals surface area contributed by atoms with E-state index in [4.69, 9.17) is 20.0 Å². The number of anilines is 1. The van der Waals surface area contributed by atoms with Crippen molar-refractivity contribution in [2.24, 2.45) is 9.98 Å². The maximum absolute atomic E-state index is 4.91. The Balaban J connectivity index is 1.65. The van der Waals surface area contributed by atoms with E-state index in [1.54, 1.807) is 0 Å². The SMILES string of the molecule is CCC1=NC(Nc2nc(-c3cccc4ccccc34)nc3ccccc23)=NC1CC. The minimum Gasteiger partial charge on any atom is -0.308 e. The van der Waals surface area contributed by atoms with Crippen LogP contribution in [0.5, 0.6) is 0 Å². The molecule has 148 valence electrons. The van der Waals surface area contributed by atoms with Crippen LogP contribution in [0.1, 0.15) is 26.7 Å². The highest BCUT2D eigenvalue weighted by Crippen LogP contribution is 2.30. The van der Waals surface area contributed by atoms with Crippen molar-refractivity contribution in [1.29, 1.82) is 0 Å². The van der Waals surface area contributed by atoms with E-state index >= 15 is 0 Å². The van der Waals surface area contributed by atoms with E-state index < -0.39 is 0 Å². The molecule has 0 radical (unpaired) electrons. The molecule has 2 heterocycles. The number of fused-ring (bicyclic) bond motifs is 2. The number of hydrogen-bond donors (Lipinski definition) is 1. The summed E-state index contributed by atoms with van der Waals surface area (Å²) in [5.74, 6) is 2.06. The van der Waals surface area contributed by atoms with Crippen LogP contribution >= 0.6 is 0 Å². The fraction of sp³-hybridized carbons (Fsp3) is 0.200. The summed E-state index contributed by atoms with van der Waals surface area (Å²) in [6, 6.07) is 22.8. The average Bonchev–Trinajstić information content (AvgIpc) is 3.20. The van der Waals surface area contributed by atoms with Crippen LogP contribution in [0.15, 0.2) is 76.7 Å². The van der Waals surface area contributed by atoms with E-state index in [-0.39, 0.29) is 6.04 Å². The van der Waals surface area contributed by atoms with Gasteiger partial charge in [0.05, 0.1) is 11.6 Å². The Bertz CT molecular complexity index is 1300. The molecule has 5 heteroatoms. The van der Waals surface area contributed by atoms with Crippen LogP contribution in [0, 0.1) is 0 Å². The lowest BCUT2D eigenvalue weighted by molar-refractivity contribution is 0.821. The normalized spacial score (nSPS) is 16.0. The lowest BCUT2D eigenvalue weighted by Crippen LogP contribution is -2.12. The Hall–Kier alpha value is -3.60. The third-order valence-electron chi connectivity index (χ3n) is 5.53. The first-order valence-corrected chi connectivity index (χ1v) is 10.4. The summed E-state index contributed by atoms with van der Waals surface area (Å²) in [5.41, 5.74) is 3.02. The van der Waals surface area contributed by atoms with Crippen LogP contribution in [0.25, 0.3) is 33.1 Å². The minimum absolute atomic E-state index is 0.156. The standard InChI is InChI=1S/C25H23N5/c1-3-20-21(4-2)28-25(27-20)30-24-19-13-7-8-15-22(19)26-23(29-24)18-14-9-11-16-10-5-6-12-17(16)18/h5-15,20H,3-4H2,1-2H3,(H,26,27,29,30). The second-order valence-electron chi connectivity index (χ2n) is 7.40. The van der Waals surface area contributed by atoms with E-state index in [0.717, 1.165) is 46.2 Å². The lowest BCUT2D eigenvalue weighted by Gasteiger charge is -2.11. The van der Waals surface area contributed by atoms with Crippen molar-refractivity contribution in [3.63, 3.8) is 0 Å². The zero-order chi connectivity index (χ0) is 20.5. The molecule has 0 saturated heterocycles. The molecule has 0 bridgehead atoms. The maximum atomic E-state index is 4.91. The minimum atomic E-state index is 0.156. The Morgan fingerprint density at radius 2 is 1.60 bits per heavy atom. The number of nitrogens with one attached hydrogen (secondary N) is 1. The van der Waals surface area contributed by atoms with Crippen molar-refractivity contribution in [3.05, 3.63) is 66.7 Å². The van der Waals surface area contributed by atoms with Gasteiger partial charge in [0.1, 0.15) is 5.82 Å². The zero-order valence-electron chi connectivity index (χ0n) is 17.1. The molecule has 0 saturated carbocycles. The van der Waals surface area contributed by atoms with Gasteiger partial charge in [-0.15, -0.1) is 0 Å². The molecule has 1 aliphatic heterocycles. The summed E-state index contributed by atoms with van der Waals surface area (Å²) in [5, 5.41) is 6.64. The van der Waals surface area contributed by atoms with E-state index in [1.165, 1.54) is 5.39 Å². The molecule has 1 aromatic heterocycles. The molecule has 0 aliphatic carbocycles. The first kappa shape index (κ1) is 18.4. The van der Waals surface area contributed by atoms with Gasteiger partial charge in [0.15, 0.2) is 5.82 Å². The van der Waals surface area contributed by atoms with Crippen LogP contribution in [-0.4, -0.2) is 27.7 Å². The summed E-state index contributed by atoms with van der Waals surface area (Å²) >= 11 is 0. The van der Waals surface area contributed by atoms with Crippen molar-refractivity contribution >= 4 is 39.2 Å². The molecule has 1 unspecified atom stereocenters. The molecule has 1 N–H and O–H groups in total. The van der Waals surface area contributed by atoms with Crippen LogP contribution in [0.2, 0.25) is 0 Å². The van der Waals surface area contributed by atoms with Crippen molar-refractivity contribution in [2.45, 2.75) is 32.7 Å². The number of hydrogen-bond acceptors (Lipinski definition) is 5. The Kier molecular flexibility index (Phi) is 4.71. The van der Waals surface area contributed by atoms with Gasteiger partial charge >= 0.3 is 0 Å². The van der Waals surface area contributed by atoms with Crippen molar-refractivity contribution in [3.8, 4) is 11.4 Å². The van der Waals surface area contributed by atoms with Crippen molar-refractivity contribution in [2.75, 3.05) is 5.32 Å². The predicted molar refractivity (Wildman–Crippen MR) is 125 cm³/mol. The molecule has 0 amide bonds. The molecule has 0 fully saturated rings. The molecule has 1 atom stereocenters. The topological polar surface area (TPSA) is 62.5 Å². The highest BCUT2D eigenvalue weighted by atomic mass is 15.2. The molecule has 4 aromatic rings. The number of nitrogens with zero attached hydrogens (tertiary/aromatic N) is 4. The molecule has 5 rings (SSSR count). The van der Waals surface area contributed by atoms with Crippen LogP contribution in [0.4, 0.5) is 5.82 Å². The van der Waals surface area contributed by atoms with Gasteiger partial charge in [-0.25, -0.2) is 20.0 Å². The molecule has 1 aliphatic rings. The van der Waals surface area contributed by atoms with Crippen LogP contribution in [-0.2, 0) is 0 Å². The van der Waals surface area contributed by atoms with E-state index in [9.17, 15) is 0 Å². The Morgan fingerprint density at radius 1 is 0.833 bits per heavy atom. The van der Waals surface area contributed by atoms with Crippen LogP contribution in [0.3, 0.4) is 0 Å². The molecule has 30 heavy (non-hydrogen) atoms. The summed E-state index contributed by atoms with van der Waals surface area (Å²) in [4.78, 5) is 19.2. The first-order valence-electron chi connectivity index (χ1n) is 10.4. The Labute approximate surface area is 175 Å². The summed E-state index contributed by atoms with van der Waals surface area (Å²) in [6.45, 7) is 4.26. The van der Waals surface area contributed by atoms with Gasteiger partial charge in [-0.1, -0.05) is 68.4 Å². The number of rotatable bonds is 4.